The van der Waals surface area contributed by atoms with Crippen molar-refractivity contribution in [3.05, 3.63) is 29.8 Å². The summed E-state index contributed by atoms with van der Waals surface area (Å²) in [6.45, 7) is 4.91. The molecule has 1 fully saturated rings. The zero-order valence-electron chi connectivity index (χ0n) is 14.3. The minimum atomic E-state index is -3.28. The van der Waals surface area contributed by atoms with Gasteiger partial charge < -0.3 is 4.74 Å². The third-order valence-corrected chi connectivity index (χ3v) is 5.88. The van der Waals surface area contributed by atoms with Gasteiger partial charge in [0.05, 0.1) is 17.6 Å². The molecule has 0 bridgehead atoms. The topological polar surface area (TPSA) is 58.7 Å². The van der Waals surface area contributed by atoms with Crippen molar-refractivity contribution in [2.45, 2.75) is 69.4 Å². The number of benzene rings is 1. The molecule has 1 aliphatic heterocycles. The molecule has 1 N–H and O–H groups in total. The summed E-state index contributed by atoms with van der Waals surface area (Å²) in [5.41, 5.74) is 1.06. The number of epoxide rings is 1. The van der Waals surface area contributed by atoms with Crippen molar-refractivity contribution in [1.29, 1.82) is 0 Å². The van der Waals surface area contributed by atoms with Crippen molar-refractivity contribution in [2.75, 3.05) is 12.5 Å². The van der Waals surface area contributed by atoms with Crippen LogP contribution in [0.3, 0.4) is 0 Å². The average molecular weight is 340 g/mol. The van der Waals surface area contributed by atoms with E-state index in [0.29, 0.717) is 4.90 Å². The molecule has 0 aliphatic carbocycles. The summed E-state index contributed by atoms with van der Waals surface area (Å²) in [4.78, 5) is 0.383. The molecule has 0 aromatic heterocycles. The summed E-state index contributed by atoms with van der Waals surface area (Å²) < 4.78 is 30.2. The van der Waals surface area contributed by atoms with E-state index >= 15 is 0 Å². The van der Waals surface area contributed by atoms with Gasteiger partial charge in [-0.05, 0) is 25.5 Å². The second-order valence-electron chi connectivity index (χ2n) is 6.46. The summed E-state index contributed by atoms with van der Waals surface area (Å²) in [6.07, 6.45) is 7.29. The van der Waals surface area contributed by atoms with Gasteiger partial charge >= 0.3 is 0 Å². The Morgan fingerprint density at radius 3 is 2.43 bits per heavy atom. The number of rotatable bonds is 11. The van der Waals surface area contributed by atoms with Crippen LogP contribution in [0.25, 0.3) is 0 Å². The van der Waals surface area contributed by atoms with Crippen molar-refractivity contribution >= 4 is 9.84 Å². The summed E-state index contributed by atoms with van der Waals surface area (Å²) in [7, 11) is -3.28. The van der Waals surface area contributed by atoms with E-state index in [9.17, 15) is 8.42 Å². The minimum absolute atomic E-state index is 0.0183. The number of aryl methyl sites for hydroxylation is 1. The van der Waals surface area contributed by atoms with E-state index in [0.717, 1.165) is 25.0 Å². The molecular weight excluding hydrogens is 310 g/mol. The fourth-order valence-corrected chi connectivity index (χ4v) is 3.87. The van der Waals surface area contributed by atoms with Crippen LogP contribution >= 0.6 is 0 Å². The molecule has 130 valence electrons. The summed E-state index contributed by atoms with van der Waals surface area (Å²) in [5, 5.41) is 3.21. The van der Waals surface area contributed by atoms with Gasteiger partial charge in [0, 0.05) is 6.04 Å². The fourth-order valence-electron chi connectivity index (χ4n) is 2.72. The summed E-state index contributed by atoms with van der Waals surface area (Å²) >= 11 is 0. The molecule has 1 aromatic rings. The first-order chi connectivity index (χ1) is 11.0. The van der Waals surface area contributed by atoms with Crippen LogP contribution in [0.5, 0.6) is 0 Å². The highest BCUT2D eigenvalue weighted by Gasteiger charge is 2.33. The van der Waals surface area contributed by atoms with E-state index in [1.807, 2.05) is 19.1 Å². The predicted molar refractivity (Wildman–Crippen MR) is 93.3 cm³/mol. The van der Waals surface area contributed by atoms with Gasteiger partial charge in [-0.25, -0.2) is 8.42 Å². The number of nitrogens with one attached hydrogen (secondary N) is 1. The van der Waals surface area contributed by atoms with Crippen molar-refractivity contribution in [2.24, 2.45) is 0 Å². The van der Waals surface area contributed by atoms with Crippen LogP contribution in [-0.4, -0.2) is 33.0 Å². The fraction of sp³-hybridized carbons (Fsp3) is 0.667. The van der Waals surface area contributed by atoms with Gasteiger partial charge in [-0.2, -0.15) is 0 Å². The SMILES string of the molecule is CCCCCCCC(NCS(=O)(=O)c1ccc(C)cc1)[C@@H]1CO1. The van der Waals surface area contributed by atoms with Gasteiger partial charge in [-0.1, -0.05) is 56.7 Å². The third-order valence-electron chi connectivity index (χ3n) is 4.34. The maximum atomic E-state index is 12.4. The Kier molecular flexibility index (Phi) is 7.06. The van der Waals surface area contributed by atoms with Gasteiger partial charge in [0.15, 0.2) is 9.84 Å². The molecule has 23 heavy (non-hydrogen) atoms. The van der Waals surface area contributed by atoms with E-state index in [-0.39, 0.29) is 18.0 Å². The molecule has 1 aromatic carbocycles. The van der Waals surface area contributed by atoms with Crippen LogP contribution in [0, 0.1) is 6.92 Å². The lowest BCUT2D eigenvalue weighted by Gasteiger charge is -2.17. The highest BCUT2D eigenvalue weighted by atomic mass is 32.2. The number of hydrogen-bond donors (Lipinski definition) is 1. The van der Waals surface area contributed by atoms with E-state index in [1.54, 1.807) is 12.1 Å². The van der Waals surface area contributed by atoms with Crippen molar-refractivity contribution < 1.29 is 13.2 Å². The normalized spacial score (nSPS) is 18.8. The van der Waals surface area contributed by atoms with Crippen LogP contribution in [0.4, 0.5) is 0 Å². The molecular formula is C18H29NO3S. The molecule has 1 saturated heterocycles. The molecule has 1 unspecified atom stereocenters. The quantitative estimate of drug-likeness (QED) is 0.495. The van der Waals surface area contributed by atoms with E-state index in [4.69, 9.17) is 4.74 Å². The average Bonchev–Trinajstić information content (AvgIpc) is 3.35. The van der Waals surface area contributed by atoms with E-state index in [1.165, 1.54) is 25.7 Å². The highest BCUT2D eigenvalue weighted by Crippen LogP contribution is 2.20. The Morgan fingerprint density at radius 2 is 1.83 bits per heavy atom. The Labute approximate surface area is 140 Å². The Balaban J connectivity index is 1.82. The second-order valence-corrected chi connectivity index (χ2v) is 8.45. The molecule has 0 saturated carbocycles. The van der Waals surface area contributed by atoms with Gasteiger partial charge in [0.25, 0.3) is 0 Å². The minimum Gasteiger partial charge on any atom is -0.371 e. The van der Waals surface area contributed by atoms with Crippen molar-refractivity contribution in [1.82, 2.24) is 5.32 Å². The van der Waals surface area contributed by atoms with Gasteiger partial charge in [0.2, 0.25) is 0 Å². The molecule has 5 heteroatoms. The van der Waals surface area contributed by atoms with Gasteiger partial charge in [0.1, 0.15) is 5.88 Å². The Hall–Kier alpha value is -0.910. The predicted octanol–water partition coefficient (Wildman–Crippen LogP) is 3.44. The van der Waals surface area contributed by atoms with Gasteiger partial charge in [-0.3, -0.25) is 5.32 Å². The second kappa shape index (κ2) is 8.81. The lowest BCUT2D eigenvalue weighted by molar-refractivity contribution is 0.331. The van der Waals surface area contributed by atoms with Crippen LogP contribution in [0.2, 0.25) is 0 Å². The maximum absolute atomic E-state index is 12.4. The van der Waals surface area contributed by atoms with Crippen LogP contribution in [-0.2, 0) is 14.6 Å². The molecule has 1 heterocycles. The van der Waals surface area contributed by atoms with Gasteiger partial charge in [-0.15, -0.1) is 0 Å². The van der Waals surface area contributed by atoms with Crippen LogP contribution in [0.1, 0.15) is 51.0 Å². The van der Waals surface area contributed by atoms with E-state index < -0.39 is 9.84 Å². The molecule has 0 radical (unpaired) electrons. The largest absolute Gasteiger partial charge is 0.371 e. The van der Waals surface area contributed by atoms with E-state index in [2.05, 4.69) is 12.2 Å². The van der Waals surface area contributed by atoms with Crippen molar-refractivity contribution in [3.63, 3.8) is 0 Å². The monoisotopic (exact) mass is 339 g/mol. The highest BCUT2D eigenvalue weighted by molar-refractivity contribution is 7.91. The Morgan fingerprint density at radius 1 is 1.17 bits per heavy atom. The lowest BCUT2D eigenvalue weighted by atomic mass is 10.0. The number of hydrogen-bond acceptors (Lipinski definition) is 4. The maximum Gasteiger partial charge on any atom is 0.191 e. The third kappa shape index (κ3) is 6.24. The summed E-state index contributed by atoms with van der Waals surface area (Å²) in [5.74, 6) is -0.0183. The number of sulfone groups is 1. The molecule has 0 spiro atoms. The Bertz CT molecular complexity index is 564. The number of unbranched alkanes of at least 4 members (excludes halogenated alkanes) is 4. The molecule has 0 amide bonds. The first-order valence-electron chi connectivity index (χ1n) is 8.67. The van der Waals surface area contributed by atoms with Crippen LogP contribution in [0.15, 0.2) is 29.2 Å². The smallest absolute Gasteiger partial charge is 0.191 e. The van der Waals surface area contributed by atoms with Crippen LogP contribution < -0.4 is 5.32 Å². The molecule has 4 nitrogen and oxygen atoms in total. The summed E-state index contributed by atoms with van der Waals surface area (Å²) in [6, 6.07) is 7.18. The van der Waals surface area contributed by atoms with Crippen molar-refractivity contribution in [3.8, 4) is 0 Å². The zero-order valence-corrected chi connectivity index (χ0v) is 15.1. The lowest BCUT2D eigenvalue weighted by Crippen LogP contribution is -2.37. The molecule has 1 aliphatic rings. The first kappa shape index (κ1) is 18.4. The zero-order chi connectivity index (χ0) is 16.7. The number of ether oxygens (including phenoxy) is 1. The molecule has 2 atom stereocenters. The molecule has 2 rings (SSSR count). The first-order valence-corrected chi connectivity index (χ1v) is 10.3. The standard InChI is InChI=1S/C18H29NO3S/c1-3-4-5-6-7-8-17(18-13-22-18)19-14-23(20,21)16-11-9-15(2)10-12-16/h9-12,17-19H,3-8,13-14H2,1-2H3/t17?,18-/m0/s1.